The summed E-state index contributed by atoms with van der Waals surface area (Å²) in [6.45, 7) is -1.27. The molecule has 4 aromatic rings. The standard InChI is InChI=1S/C25H32N7O/c1-29(2)12-13-30(3)22-16-23(33-5)18(14-19(22)26)15-24-27-11-10-25(28-24)32-17-31(4)20-8-6-7-9-21(20)32/h6-11,14,16-17H,12-13,15,26H2,1-5H3/q+1/i1D3. The minimum Gasteiger partial charge on any atom is -0.496 e. The summed E-state index contributed by atoms with van der Waals surface area (Å²) >= 11 is 0. The first-order valence-electron chi connectivity index (χ1n) is 12.2. The maximum absolute atomic E-state index is 7.52. The molecule has 8 heteroatoms. The highest BCUT2D eigenvalue weighted by Gasteiger charge is 2.18. The lowest BCUT2D eigenvalue weighted by molar-refractivity contribution is -0.645. The monoisotopic (exact) mass is 449 g/mol. The summed E-state index contributed by atoms with van der Waals surface area (Å²) in [4.78, 5) is 12.6. The Bertz CT molecular complexity index is 1370. The van der Waals surface area contributed by atoms with Crippen molar-refractivity contribution < 1.29 is 13.4 Å². The van der Waals surface area contributed by atoms with Crippen molar-refractivity contribution in [3.8, 4) is 11.6 Å². The first-order valence-corrected chi connectivity index (χ1v) is 10.7. The maximum atomic E-state index is 7.52. The minimum absolute atomic E-state index is 0.364. The highest BCUT2D eigenvalue weighted by Crippen LogP contribution is 2.32. The molecular formula is C25H32N7O+. The summed E-state index contributed by atoms with van der Waals surface area (Å²) in [5.41, 5.74) is 10.8. The quantitative estimate of drug-likeness (QED) is 0.329. The van der Waals surface area contributed by atoms with E-state index in [1.165, 1.54) is 4.90 Å². The second kappa shape index (κ2) is 9.46. The summed E-state index contributed by atoms with van der Waals surface area (Å²) in [5, 5.41) is 0. The van der Waals surface area contributed by atoms with Crippen LogP contribution in [0.5, 0.6) is 5.75 Å². The first kappa shape index (κ1) is 18.9. The van der Waals surface area contributed by atoms with Crippen molar-refractivity contribution >= 4 is 22.4 Å². The topological polar surface area (TPSA) is 76.3 Å². The molecule has 33 heavy (non-hydrogen) atoms. The molecule has 0 saturated carbocycles. The molecule has 0 aliphatic heterocycles. The number of hydrogen-bond donors (Lipinski definition) is 1. The molecular weight excluding hydrogens is 414 g/mol. The Morgan fingerprint density at radius 2 is 2.00 bits per heavy atom. The lowest BCUT2D eigenvalue weighted by atomic mass is 10.1. The van der Waals surface area contributed by atoms with Crippen LogP contribution in [0.15, 0.2) is 55.0 Å². The molecule has 0 saturated heterocycles. The first-order chi connectivity index (χ1) is 17.1. The van der Waals surface area contributed by atoms with E-state index in [2.05, 4.69) is 21.7 Å². The Kier molecular flexibility index (Phi) is 5.41. The summed E-state index contributed by atoms with van der Waals surface area (Å²) in [6, 6.07) is 13.8. The molecule has 0 aliphatic rings. The summed E-state index contributed by atoms with van der Waals surface area (Å²) in [5.74, 6) is 2.09. The molecule has 2 aromatic carbocycles. The zero-order chi connectivity index (χ0) is 26.0. The molecule has 0 spiro atoms. The Balaban J connectivity index is 1.58. The van der Waals surface area contributed by atoms with Crippen molar-refractivity contribution in [1.29, 1.82) is 0 Å². The van der Waals surface area contributed by atoms with E-state index < -0.39 is 6.98 Å². The predicted molar refractivity (Wildman–Crippen MR) is 132 cm³/mol. The molecule has 0 atom stereocenters. The van der Waals surface area contributed by atoms with Gasteiger partial charge in [-0.15, -0.1) is 0 Å². The molecule has 0 unspecified atom stereocenters. The van der Waals surface area contributed by atoms with Crippen LogP contribution in [0.3, 0.4) is 0 Å². The third kappa shape index (κ3) is 4.75. The highest BCUT2D eigenvalue weighted by molar-refractivity contribution is 5.73. The Labute approximate surface area is 199 Å². The number of hydrogen-bond acceptors (Lipinski definition) is 6. The van der Waals surface area contributed by atoms with E-state index in [1.807, 2.05) is 60.2 Å². The average Bonchev–Trinajstić information content (AvgIpc) is 3.18. The van der Waals surface area contributed by atoms with Crippen molar-refractivity contribution in [3.63, 3.8) is 0 Å². The zero-order valence-electron chi connectivity index (χ0n) is 22.5. The van der Waals surface area contributed by atoms with Gasteiger partial charge in [0.1, 0.15) is 11.6 Å². The lowest BCUT2D eigenvalue weighted by Gasteiger charge is -2.24. The number of para-hydroxylation sites is 2. The van der Waals surface area contributed by atoms with E-state index in [0.717, 1.165) is 28.1 Å². The van der Waals surface area contributed by atoms with E-state index in [0.29, 0.717) is 36.8 Å². The fraction of sp³-hybridized carbons (Fsp3) is 0.320. The fourth-order valence-electron chi connectivity index (χ4n) is 3.94. The van der Waals surface area contributed by atoms with E-state index in [1.54, 1.807) is 20.4 Å². The van der Waals surface area contributed by atoms with Gasteiger partial charge in [0.2, 0.25) is 5.82 Å². The smallest absolute Gasteiger partial charge is 0.251 e. The number of nitrogens with two attached hydrogens (primary N) is 1. The number of imidazole rings is 1. The summed E-state index contributed by atoms with van der Waals surface area (Å²) < 4.78 is 32.3. The third-order valence-corrected chi connectivity index (χ3v) is 5.71. The Morgan fingerprint density at radius 1 is 1.18 bits per heavy atom. The molecule has 172 valence electrons. The second-order valence-electron chi connectivity index (χ2n) is 8.16. The van der Waals surface area contributed by atoms with Gasteiger partial charge in [-0.25, -0.2) is 9.55 Å². The molecule has 0 radical (unpaired) electrons. The van der Waals surface area contributed by atoms with Crippen molar-refractivity contribution in [2.24, 2.45) is 7.05 Å². The Hall–Kier alpha value is -3.65. The molecule has 0 fully saturated rings. The van der Waals surface area contributed by atoms with Gasteiger partial charge in [-0.05, 0) is 32.2 Å². The van der Waals surface area contributed by atoms with Crippen molar-refractivity contribution in [1.82, 2.24) is 19.4 Å². The number of aryl methyl sites for hydroxylation is 1. The maximum Gasteiger partial charge on any atom is 0.251 e. The largest absolute Gasteiger partial charge is 0.496 e. The number of ether oxygens (including phenoxy) is 1. The highest BCUT2D eigenvalue weighted by atomic mass is 16.5. The van der Waals surface area contributed by atoms with Crippen LogP contribution in [0.2, 0.25) is 0 Å². The molecule has 8 nitrogen and oxygen atoms in total. The van der Waals surface area contributed by atoms with Crippen LogP contribution in [0.4, 0.5) is 11.4 Å². The number of nitrogen functional groups attached to an aromatic ring is 1. The Morgan fingerprint density at radius 3 is 2.79 bits per heavy atom. The molecule has 0 amide bonds. The van der Waals surface area contributed by atoms with Crippen LogP contribution < -0.4 is 19.9 Å². The van der Waals surface area contributed by atoms with Crippen molar-refractivity contribution in [2.75, 3.05) is 51.9 Å². The SMILES string of the molecule is [2H]C([2H])([2H])N(C)CCN(C)c1cc(OC)c(Cc2nccc(-n3c[n+](C)c4ccccc43)n2)cc1N. The van der Waals surface area contributed by atoms with E-state index in [9.17, 15) is 0 Å². The van der Waals surface area contributed by atoms with Crippen LogP contribution >= 0.6 is 0 Å². The van der Waals surface area contributed by atoms with E-state index in [4.69, 9.17) is 19.6 Å². The summed E-state index contributed by atoms with van der Waals surface area (Å²) in [6.07, 6.45) is 4.20. The van der Waals surface area contributed by atoms with Gasteiger partial charge in [0, 0.05) is 54.6 Å². The molecule has 2 heterocycles. The molecule has 4 rings (SSSR count). The van der Waals surface area contributed by atoms with E-state index >= 15 is 0 Å². The van der Waals surface area contributed by atoms with Gasteiger partial charge in [-0.2, -0.15) is 9.55 Å². The van der Waals surface area contributed by atoms with Gasteiger partial charge >= 0.3 is 0 Å². The molecule has 0 aliphatic carbocycles. The van der Waals surface area contributed by atoms with Crippen LogP contribution in [0, 0.1) is 0 Å². The number of benzene rings is 2. The fourth-order valence-corrected chi connectivity index (χ4v) is 3.94. The summed E-state index contributed by atoms with van der Waals surface area (Å²) in [7, 11) is 7.09. The number of rotatable bonds is 8. The number of nitrogens with zero attached hydrogens (tertiary/aromatic N) is 6. The van der Waals surface area contributed by atoms with Crippen molar-refractivity contribution in [2.45, 2.75) is 6.42 Å². The minimum atomic E-state index is -2.13. The van der Waals surface area contributed by atoms with Gasteiger partial charge < -0.3 is 20.3 Å². The van der Waals surface area contributed by atoms with Gasteiger partial charge in [0.05, 0.1) is 25.5 Å². The second-order valence-corrected chi connectivity index (χ2v) is 8.16. The number of anilines is 2. The van der Waals surface area contributed by atoms with Crippen LogP contribution in [-0.4, -0.2) is 60.7 Å². The van der Waals surface area contributed by atoms with Gasteiger partial charge in [0.25, 0.3) is 6.33 Å². The van der Waals surface area contributed by atoms with E-state index in [-0.39, 0.29) is 0 Å². The lowest BCUT2D eigenvalue weighted by Crippen LogP contribution is -2.29. The number of aromatic nitrogens is 4. The normalized spacial score (nSPS) is 13.1. The molecule has 0 bridgehead atoms. The number of likely N-dealkylation sites (N-methyl/N-ethyl adjacent to an activating group) is 2. The number of methoxy groups -OCH3 is 1. The molecule has 2 N–H and O–H groups in total. The van der Waals surface area contributed by atoms with Gasteiger partial charge in [-0.3, -0.25) is 0 Å². The predicted octanol–water partition coefficient (Wildman–Crippen LogP) is 2.42. The average molecular weight is 450 g/mol. The van der Waals surface area contributed by atoms with Crippen LogP contribution in [-0.2, 0) is 13.5 Å². The van der Waals surface area contributed by atoms with Gasteiger partial charge in [0.15, 0.2) is 11.0 Å². The van der Waals surface area contributed by atoms with Crippen LogP contribution in [0.1, 0.15) is 15.5 Å². The van der Waals surface area contributed by atoms with Crippen molar-refractivity contribution in [3.05, 3.63) is 66.4 Å². The number of fused-ring (bicyclic) bond motifs is 1. The van der Waals surface area contributed by atoms with Gasteiger partial charge in [-0.1, -0.05) is 12.1 Å². The van der Waals surface area contributed by atoms with Crippen LogP contribution in [0.25, 0.3) is 16.9 Å². The molecule has 2 aromatic heterocycles. The third-order valence-electron chi connectivity index (χ3n) is 5.71. The zero-order valence-corrected chi connectivity index (χ0v) is 19.5.